The fourth-order valence-electron chi connectivity index (χ4n) is 3.76. The summed E-state index contributed by atoms with van der Waals surface area (Å²) in [5.41, 5.74) is 1.84. The van der Waals surface area contributed by atoms with Crippen LogP contribution in [0.3, 0.4) is 0 Å². The van der Waals surface area contributed by atoms with Crippen molar-refractivity contribution in [1.82, 2.24) is 16.0 Å². The van der Waals surface area contributed by atoms with E-state index in [1.165, 1.54) is 7.05 Å². The van der Waals surface area contributed by atoms with Crippen LogP contribution in [-0.4, -0.2) is 46.5 Å². The quantitative estimate of drug-likeness (QED) is 0.275. The first-order valence-electron chi connectivity index (χ1n) is 11.5. The lowest BCUT2D eigenvalue weighted by Gasteiger charge is -2.28. The number of carbonyl (C=O) groups excluding carboxylic acids is 2. The second-order valence-electron chi connectivity index (χ2n) is 8.84. The molecule has 3 atom stereocenters. The minimum Gasteiger partial charge on any atom is -0.357 e. The molecule has 0 unspecified atom stereocenters. The van der Waals surface area contributed by atoms with E-state index < -0.39 is 31.4 Å². The molecule has 0 spiro atoms. The number of hydrogen-bond donors (Lipinski definition) is 5. The van der Waals surface area contributed by atoms with E-state index in [2.05, 4.69) is 16.0 Å². The molecular weight excluding hydrogens is 453 g/mol. The van der Waals surface area contributed by atoms with Crippen molar-refractivity contribution in [3.05, 3.63) is 71.8 Å². The van der Waals surface area contributed by atoms with Gasteiger partial charge in [0.05, 0.1) is 6.04 Å². The zero-order chi connectivity index (χ0) is 25.1. The SMILES string of the molecule is CNC(=O)[C@H](Cc1ccccc1)NC(=O)[C@H](CC(C)C)N[C@@H](CCc1ccccc1)P(=O)(O)O. The van der Waals surface area contributed by atoms with Gasteiger partial charge in [0.25, 0.3) is 0 Å². The minimum absolute atomic E-state index is 0.0855. The Hall–Kier alpha value is -2.51. The second kappa shape index (κ2) is 13.4. The van der Waals surface area contributed by atoms with Crippen LogP contribution in [0.25, 0.3) is 0 Å². The molecule has 2 rings (SSSR count). The molecule has 34 heavy (non-hydrogen) atoms. The summed E-state index contributed by atoms with van der Waals surface area (Å²) in [7, 11) is -3.03. The maximum atomic E-state index is 13.2. The smallest absolute Gasteiger partial charge is 0.342 e. The molecule has 0 bridgehead atoms. The van der Waals surface area contributed by atoms with E-state index in [4.69, 9.17) is 0 Å². The van der Waals surface area contributed by atoms with Gasteiger partial charge in [-0.2, -0.15) is 0 Å². The van der Waals surface area contributed by atoms with Crippen molar-refractivity contribution in [3.63, 3.8) is 0 Å². The molecule has 0 aliphatic rings. The van der Waals surface area contributed by atoms with Crippen LogP contribution >= 0.6 is 7.60 Å². The Morgan fingerprint density at radius 1 is 0.882 bits per heavy atom. The Labute approximate surface area is 201 Å². The van der Waals surface area contributed by atoms with Gasteiger partial charge < -0.3 is 20.4 Å². The van der Waals surface area contributed by atoms with Gasteiger partial charge in [0, 0.05) is 13.5 Å². The van der Waals surface area contributed by atoms with Gasteiger partial charge in [-0.1, -0.05) is 74.5 Å². The van der Waals surface area contributed by atoms with Crippen molar-refractivity contribution >= 4 is 19.4 Å². The highest BCUT2D eigenvalue weighted by Crippen LogP contribution is 2.42. The Morgan fingerprint density at radius 3 is 1.94 bits per heavy atom. The maximum Gasteiger partial charge on any atom is 0.342 e. The molecule has 9 heteroatoms. The third kappa shape index (κ3) is 9.39. The maximum absolute atomic E-state index is 13.2. The fourth-order valence-corrected chi connectivity index (χ4v) is 4.60. The van der Waals surface area contributed by atoms with Crippen LogP contribution in [0.1, 0.15) is 37.8 Å². The van der Waals surface area contributed by atoms with Crippen LogP contribution in [0.4, 0.5) is 0 Å². The molecule has 0 saturated heterocycles. The first-order valence-corrected chi connectivity index (χ1v) is 13.2. The van der Waals surface area contributed by atoms with Crippen LogP contribution in [0, 0.1) is 5.92 Å². The first kappa shape index (κ1) is 27.7. The number of rotatable bonds is 13. The number of likely N-dealkylation sites (N-methyl/N-ethyl adjacent to an activating group) is 1. The van der Waals surface area contributed by atoms with Gasteiger partial charge in [-0.15, -0.1) is 0 Å². The zero-order valence-corrected chi connectivity index (χ0v) is 20.9. The van der Waals surface area contributed by atoms with Crippen LogP contribution in [0.15, 0.2) is 60.7 Å². The summed E-state index contributed by atoms with van der Waals surface area (Å²) in [6, 6.07) is 17.1. The monoisotopic (exact) mass is 489 g/mol. The zero-order valence-electron chi connectivity index (χ0n) is 20.0. The molecule has 2 amide bonds. The normalized spacial score (nSPS) is 14.3. The van der Waals surface area contributed by atoms with E-state index in [0.717, 1.165) is 11.1 Å². The molecular formula is C25H36N3O5P. The Kier molecular flexibility index (Phi) is 10.9. The molecule has 0 aliphatic heterocycles. The van der Waals surface area contributed by atoms with E-state index in [0.29, 0.717) is 19.3 Å². The molecule has 5 N–H and O–H groups in total. The lowest BCUT2D eigenvalue weighted by Crippen LogP contribution is -2.55. The molecule has 186 valence electrons. The highest BCUT2D eigenvalue weighted by molar-refractivity contribution is 7.52. The second-order valence-corrected chi connectivity index (χ2v) is 10.6. The molecule has 0 aliphatic carbocycles. The van der Waals surface area contributed by atoms with Crippen molar-refractivity contribution in [2.24, 2.45) is 5.92 Å². The molecule has 2 aromatic rings. The number of nitrogens with one attached hydrogen (secondary N) is 3. The third-order valence-corrected chi connectivity index (χ3v) is 6.75. The largest absolute Gasteiger partial charge is 0.357 e. The summed E-state index contributed by atoms with van der Waals surface area (Å²) in [5, 5.41) is 8.28. The lowest BCUT2D eigenvalue weighted by atomic mass is 10.0. The third-order valence-electron chi connectivity index (χ3n) is 5.53. The number of aryl methyl sites for hydroxylation is 1. The van der Waals surface area contributed by atoms with Gasteiger partial charge in [-0.3, -0.25) is 19.5 Å². The summed E-state index contributed by atoms with van der Waals surface area (Å²) in [6.07, 6.45) is 1.28. The van der Waals surface area contributed by atoms with Gasteiger partial charge in [0.1, 0.15) is 11.8 Å². The van der Waals surface area contributed by atoms with E-state index >= 15 is 0 Å². The van der Waals surface area contributed by atoms with Crippen molar-refractivity contribution in [3.8, 4) is 0 Å². The Morgan fingerprint density at radius 2 is 1.44 bits per heavy atom. The van der Waals surface area contributed by atoms with Gasteiger partial charge in [0.15, 0.2) is 0 Å². The Balaban J connectivity index is 2.17. The van der Waals surface area contributed by atoms with Gasteiger partial charge >= 0.3 is 7.60 Å². The lowest BCUT2D eigenvalue weighted by molar-refractivity contribution is -0.130. The topological polar surface area (TPSA) is 128 Å². The fraction of sp³-hybridized carbons (Fsp3) is 0.440. The molecule has 8 nitrogen and oxygen atoms in total. The standard InChI is InChI=1S/C25H36N3O5P/c1-18(2)16-21(27-23(34(31,32)33)15-14-19-10-6-4-7-11-19)25(30)28-22(24(29)26-3)17-20-12-8-5-9-13-20/h4-13,18,21-23,27H,14-17H2,1-3H3,(H,26,29)(H,28,30)(H2,31,32,33)/t21-,22-,23+/m0/s1. The molecule has 2 aromatic carbocycles. The van der Waals surface area contributed by atoms with E-state index in [9.17, 15) is 23.9 Å². The van der Waals surface area contributed by atoms with Crippen molar-refractivity contribution in [2.45, 2.75) is 57.4 Å². The van der Waals surface area contributed by atoms with Crippen molar-refractivity contribution < 1.29 is 23.9 Å². The predicted molar refractivity (Wildman–Crippen MR) is 133 cm³/mol. The highest BCUT2D eigenvalue weighted by Gasteiger charge is 2.34. The molecule has 0 saturated carbocycles. The van der Waals surface area contributed by atoms with Gasteiger partial charge in [0.2, 0.25) is 11.8 Å². The highest BCUT2D eigenvalue weighted by atomic mass is 31.2. The minimum atomic E-state index is -4.53. The first-order chi connectivity index (χ1) is 16.1. The van der Waals surface area contributed by atoms with E-state index in [-0.39, 0.29) is 18.2 Å². The summed E-state index contributed by atoms with van der Waals surface area (Å²) in [4.78, 5) is 45.6. The summed E-state index contributed by atoms with van der Waals surface area (Å²) in [6.45, 7) is 3.86. The van der Waals surface area contributed by atoms with Gasteiger partial charge in [-0.05, 0) is 36.3 Å². The van der Waals surface area contributed by atoms with E-state index in [1.54, 1.807) is 0 Å². The molecule has 0 radical (unpaired) electrons. The number of benzene rings is 2. The average Bonchev–Trinajstić information content (AvgIpc) is 2.80. The van der Waals surface area contributed by atoms with Crippen LogP contribution in [0.2, 0.25) is 0 Å². The van der Waals surface area contributed by atoms with Crippen LogP contribution in [-0.2, 0) is 27.0 Å². The average molecular weight is 490 g/mol. The van der Waals surface area contributed by atoms with Gasteiger partial charge in [-0.25, -0.2) is 0 Å². The van der Waals surface area contributed by atoms with Crippen molar-refractivity contribution in [1.29, 1.82) is 0 Å². The van der Waals surface area contributed by atoms with E-state index in [1.807, 2.05) is 74.5 Å². The van der Waals surface area contributed by atoms with Crippen LogP contribution < -0.4 is 16.0 Å². The number of carbonyl (C=O) groups is 2. The molecule has 0 fully saturated rings. The number of hydrogen-bond acceptors (Lipinski definition) is 4. The Bertz CT molecular complexity index is 950. The predicted octanol–water partition coefficient (Wildman–Crippen LogP) is 2.60. The summed E-state index contributed by atoms with van der Waals surface area (Å²) < 4.78 is 12.3. The summed E-state index contributed by atoms with van der Waals surface area (Å²) >= 11 is 0. The number of amides is 2. The summed E-state index contributed by atoms with van der Waals surface area (Å²) in [5.74, 6) is -1.90. The molecule has 0 aromatic heterocycles. The van der Waals surface area contributed by atoms with Crippen LogP contribution in [0.5, 0.6) is 0 Å². The molecule has 0 heterocycles. The van der Waals surface area contributed by atoms with Crippen molar-refractivity contribution in [2.75, 3.05) is 7.05 Å².